The predicted octanol–water partition coefficient (Wildman–Crippen LogP) is 3.52. The molecule has 1 saturated heterocycles. The van der Waals surface area contributed by atoms with Crippen molar-refractivity contribution in [2.24, 2.45) is 0 Å². The first-order valence-corrected chi connectivity index (χ1v) is 11.8. The number of thiazole rings is 1. The standard InChI is InChI=1S/C25H21N5O5S/c1-12-7-6-10-29-14(3)17(28-22(12)29)19(31)16-18(15-8-5-9-26-11-15)30(23(33)20(16)32)25-27-13(2)21(36-25)24(34)35-4/h5-11,18,31H,1-4H3. The van der Waals surface area contributed by atoms with Crippen molar-refractivity contribution in [3.8, 4) is 0 Å². The van der Waals surface area contributed by atoms with E-state index in [9.17, 15) is 19.5 Å². The monoisotopic (exact) mass is 503 g/mol. The van der Waals surface area contributed by atoms with Gasteiger partial charge in [-0.25, -0.2) is 14.8 Å². The summed E-state index contributed by atoms with van der Waals surface area (Å²) in [7, 11) is 1.25. The number of hydrogen-bond donors (Lipinski definition) is 1. The molecule has 1 fully saturated rings. The highest BCUT2D eigenvalue weighted by Gasteiger charge is 2.49. The van der Waals surface area contributed by atoms with Crippen molar-refractivity contribution < 1.29 is 24.2 Å². The Bertz CT molecular complexity index is 1590. The Morgan fingerprint density at radius 1 is 1.14 bits per heavy atom. The molecule has 4 aromatic rings. The minimum atomic E-state index is -1.03. The summed E-state index contributed by atoms with van der Waals surface area (Å²) in [6, 6.07) is 6.09. The number of fused-ring (bicyclic) bond motifs is 1. The SMILES string of the molecule is COC(=O)c1sc(N2C(=O)C(=O)C(=C(O)c3nc4c(C)cccn4c3C)C2c2cccnc2)nc1C. The summed E-state index contributed by atoms with van der Waals surface area (Å²) in [5.41, 5.74) is 3.04. The van der Waals surface area contributed by atoms with Crippen LogP contribution in [0.4, 0.5) is 5.13 Å². The summed E-state index contributed by atoms with van der Waals surface area (Å²) in [6.45, 7) is 5.28. The Morgan fingerprint density at radius 3 is 2.58 bits per heavy atom. The molecular weight excluding hydrogens is 482 g/mol. The average Bonchev–Trinajstić information content (AvgIpc) is 3.51. The molecule has 182 valence electrons. The fourth-order valence-corrected chi connectivity index (χ4v) is 5.34. The second-order valence-corrected chi connectivity index (χ2v) is 9.27. The van der Waals surface area contributed by atoms with E-state index in [0.29, 0.717) is 22.6 Å². The summed E-state index contributed by atoms with van der Waals surface area (Å²) in [5.74, 6) is -2.76. The highest BCUT2D eigenvalue weighted by molar-refractivity contribution is 7.17. The van der Waals surface area contributed by atoms with Crippen molar-refractivity contribution in [3.05, 3.63) is 81.5 Å². The van der Waals surface area contributed by atoms with Crippen LogP contribution in [0, 0.1) is 20.8 Å². The van der Waals surface area contributed by atoms with Crippen molar-refractivity contribution in [2.75, 3.05) is 12.0 Å². The van der Waals surface area contributed by atoms with Crippen LogP contribution in [0.25, 0.3) is 11.4 Å². The molecule has 0 aliphatic carbocycles. The number of carbonyl (C=O) groups is 3. The quantitative estimate of drug-likeness (QED) is 0.194. The average molecular weight is 504 g/mol. The number of aryl methyl sites for hydroxylation is 3. The van der Waals surface area contributed by atoms with Crippen LogP contribution in [0.5, 0.6) is 0 Å². The summed E-state index contributed by atoms with van der Waals surface area (Å²) in [4.78, 5) is 53.4. The Balaban J connectivity index is 1.74. The summed E-state index contributed by atoms with van der Waals surface area (Å²) >= 11 is 0.935. The van der Waals surface area contributed by atoms with Crippen molar-refractivity contribution in [3.63, 3.8) is 0 Å². The largest absolute Gasteiger partial charge is 0.505 e. The molecule has 0 saturated carbocycles. The highest BCUT2D eigenvalue weighted by atomic mass is 32.1. The third-order valence-electron chi connectivity index (χ3n) is 6.12. The van der Waals surface area contributed by atoms with E-state index < -0.39 is 29.5 Å². The third-order valence-corrected chi connectivity index (χ3v) is 7.25. The second kappa shape index (κ2) is 8.68. The number of imidazole rings is 1. The van der Waals surface area contributed by atoms with Crippen LogP contribution in [-0.4, -0.2) is 49.2 Å². The van der Waals surface area contributed by atoms with Crippen LogP contribution in [0.3, 0.4) is 0 Å². The first-order valence-electron chi connectivity index (χ1n) is 11.0. The lowest BCUT2D eigenvalue weighted by Gasteiger charge is -2.22. The number of esters is 1. The van der Waals surface area contributed by atoms with Gasteiger partial charge < -0.3 is 14.2 Å². The molecule has 36 heavy (non-hydrogen) atoms. The first kappa shape index (κ1) is 23.4. The van der Waals surface area contributed by atoms with Crippen molar-refractivity contribution in [1.82, 2.24) is 19.4 Å². The number of anilines is 1. The van der Waals surface area contributed by atoms with Crippen molar-refractivity contribution in [2.45, 2.75) is 26.8 Å². The van der Waals surface area contributed by atoms with Crippen molar-refractivity contribution in [1.29, 1.82) is 0 Å². The minimum absolute atomic E-state index is 0.130. The molecule has 0 aromatic carbocycles. The molecule has 11 heteroatoms. The molecule has 0 bridgehead atoms. The van der Waals surface area contributed by atoms with Gasteiger partial charge in [0, 0.05) is 18.6 Å². The number of hydrogen-bond acceptors (Lipinski definition) is 9. The number of nitrogens with zero attached hydrogens (tertiary/aromatic N) is 5. The lowest BCUT2D eigenvalue weighted by atomic mass is 9.97. The molecule has 1 amide bonds. The van der Waals surface area contributed by atoms with Crippen LogP contribution < -0.4 is 4.90 Å². The maximum absolute atomic E-state index is 13.4. The van der Waals surface area contributed by atoms with Crippen LogP contribution in [0.15, 0.2) is 48.4 Å². The molecule has 5 rings (SSSR count). The molecule has 1 aliphatic heterocycles. The van der Waals surface area contributed by atoms with E-state index >= 15 is 0 Å². The minimum Gasteiger partial charge on any atom is -0.505 e. The van der Waals surface area contributed by atoms with E-state index in [1.807, 2.05) is 29.7 Å². The number of methoxy groups -OCH3 is 1. The lowest BCUT2D eigenvalue weighted by molar-refractivity contribution is -0.132. The molecule has 0 spiro atoms. The Labute approximate surface area is 209 Å². The number of ketones is 1. The lowest BCUT2D eigenvalue weighted by Crippen LogP contribution is -2.29. The number of aliphatic hydroxyl groups excluding tert-OH is 1. The van der Waals surface area contributed by atoms with Gasteiger partial charge >= 0.3 is 11.9 Å². The fourth-order valence-electron chi connectivity index (χ4n) is 4.32. The smallest absolute Gasteiger partial charge is 0.350 e. The van der Waals surface area contributed by atoms with Gasteiger partial charge in [0.2, 0.25) is 0 Å². The Hall–Kier alpha value is -4.38. The Kier molecular flexibility index (Phi) is 5.64. The van der Waals surface area contributed by atoms with E-state index in [1.54, 1.807) is 32.2 Å². The molecule has 1 unspecified atom stereocenters. The number of aliphatic hydroxyl groups is 1. The van der Waals surface area contributed by atoms with E-state index in [-0.39, 0.29) is 21.3 Å². The number of aromatic nitrogens is 4. The zero-order valence-electron chi connectivity index (χ0n) is 19.8. The molecule has 0 radical (unpaired) electrons. The van der Waals surface area contributed by atoms with Crippen LogP contribution in [0.2, 0.25) is 0 Å². The number of amides is 1. The van der Waals surface area contributed by atoms with E-state index in [0.717, 1.165) is 16.9 Å². The first-order chi connectivity index (χ1) is 17.2. The van der Waals surface area contributed by atoms with Gasteiger partial charge in [-0.3, -0.25) is 19.5 Å². The molecule has 4 aromatic heterocycles. The van der Waals surface area contributed by atoms with Gasteiger partial charge in [0.05, 0.1) is 30.1 Å². The van der Waals surface area contributed by atoms with Crippen LogP contribution >= 0.6 is 11.3 Å². The van der Waals surface area contributed by atoms with Gasteiger partial charge in [0.15, 0.2) is 10.9 Å². The number of rotatable bonds is 4. The number of pyridine rings is 2. The zero-order valence-corrected chi connectivity index (χ0v) is 20.7. The van der Waals surface area contributed by atoms with E-state index in [1.165, 1.54) is 18.2 Å². The third kappa shape index (κ3) is 3.47. The molecule has 1 aliphatic rings. The number of ether oxygens (including phenoxy) is 1. The topological polar surface area (TPSA) is 127 Å². The summed E-state index contributed by atoms with van der Waals surface area (Å²) in [5, 5.41) is 11.6. The zero-order chi connectivity index (χ0) is 25.7. The summed E-state index contributed by atoms with van der Waals surface area (Å²) < 4.78 is 6.62. The highest BCUT2D eigenvalue weighted by Crippen LogP contribution is 2.44. The maximum atomic E-state index is 13.4. The number of carbonyl (C=O) groups excluding carboxylic acids is 3. The van der Waals surface area contributed by atoms with Crippen LogP contribution in [0.1, 0.15) is 43.9 Å². The molecular formula is C25H21N5O5S. The van der Waals surface area contributed by atoms with Gasteiger partial charge in [0.25, 0.3) is 5.78 Å². The van der Waals surface area contributed by atoms with Crippen LogP contribution in [-0.2, 0) is 14.3 Å². The summed E-state index contributed by atoms with van der Waals surface area (Å²) in [6.07, 6.45) is 4.89. The second-order valence-electron chi connectivity index (χ2n) is 8.29. The van der Waals surface area contributed by atoms with Gasteiger partial charge in [0.1, 0.15) is 16.2 Å². The van der Waals surface area contributed by atoms with Gasteiger partial charge in [-0.2, -0.15) is 0 Å². The predicted molar refractivity (Wildman–Crippen MR) is 132 cm³/mol. The number of Topliss-reactive ketones (excluding diaryl/α,β-unsaturated/α-hetero) is 1. The molecule has 5 heterocycles. The van der Waals surface area contributed by atoms with E-state index in [2.05, 4.69) is 15.0 Å². The van der Waals surface area contributed by atoms with Crippen molar-refractivity contribution >= 4 is 45.5 Å². The maximum Gasteiger partial charge on any atom is 0.350 e. The van der Waals surface area contributed by atoms with Gasteiger partial charge in [-0.15, -0.1) is 0 Å². The molecule has 1 N–H and O–H groups in total. The Morgan fingerprint density at radius 2 is 1.92 bits per heavy atom. The van der Waals surface area contributed by atoms with Gasteiger partial charge in [-0.05, 0) is 44.0 Å². The molecule has 1 atom stereocenters. The normalized spacial score (nSPS) is 17.2. The molecule has 10 nitrogen and oxygen atoms in total. The fraction of sp³-hybridized carbons (Fsp3) is 0.200. The van der Waals surface area contributed by atoms with E-state index in [4.69, 9.17) is 4.74 Å². The van der Waals surface area contributed by atoms with Gasteiger partial charge in [-0.1, -0.05) is 23.5 Å².